The molecular formula is C30H34O5. The molecule has 0 saturated heterocycles. The Balaban J connectivity index is 1.65. The third-order valence-corrected chi connectivity index (χ3v) is 6.93. The van der Waals surface area contributed by atoms with Gasteiger partial charge in [-0.25, -0.2) is 0 Å². The van der Waals surface area contributed by atoms with Gasteiger partial charge >= 0.3 is 0 Å². The van der Waals surface area contributed by atoms with Gasteiger partial charge in [0.15, 0.2) is 11.5 Å². The Labute approximate surface area is 207 Å². The van der Waals surface area contributed by atoms with Crippen LogP contribution >= 0.6 is 0 Å². The summed E-state index contributed by atoms with van der Waals surface area (Å²) in [6.07, 6.45) is 9.18. The molecule has 2 aromatic rings. The predicted octanol–water partition coefficient (Wildman–Crippen LogP) is 6.91. The lowest BCUT2D eigenvalue weighted by atomic mass is 9.83. The van der Waals surface area contributed by atoms with E-state index in [-0.39, 0.29) is 23.5 Å². The number of benzene rings is 2. The van der Waals surface area contributed by atoms with Crippen molar-refractivity contribution in [1.29, 1.82) is 0 Å². The van der Waals surface area contributed by atoms with Crippen LogP contribution in [0.5, 0.6) is 28.7 Å². The number of aromatic hydroxyl groups is 2. The van der Waals surface area contributed by atoms with Crippen LogP contribution in [-0.2, 0) is 12.8 Å². The van der Waals surface area contributed by atoms with Gasteiger partial charge in [0.1, 0.15) is 29.0 Å². The monoisotopic (exact) mass is 474 g/mol. The molecule has 3 aliphatic heterocycles. The molecule has 2 unspecified atom stereocenters. The normalized spacial score (nSPS) is 20.3. The van der Waals surface area contributed by atoms with E-state index >= 15 is 0 Å². The molecule has 35 heavy (non-hydrogen) atoms. The number of allylic oxidation sites excluding steroid dienone is 4. The number of phenols is 2. The number of rotatable bonds is 4. The second-order valence-corrected chi connectivity index (χ2v) is 10.8. The number of hydrogen-bond donors (Lipinski definition) is 2. The van der Waals surface area contributed by atoms with Crippen LogP contribution in [0.15, 0.2) is 41.5 Å². The number of ether oxygens (including phenoxy) is 3. The van der Waals surface area contributed by atoms with E-state index in [9.17, 15) is 10.2 Å². The maximum Gasteiger partial charge on any atom is 0.170 e. The van der Waals surface area contributed by atoms with Crippen LogP contribution in [0.25, 0.3) is 6.08 Å². The second kappa shape index (κ2) is 8.40. The Bertz CT molecular complexity index is 1290. The Hall–Kier alpha value is -3.34. The third kappa shape index (κ3) is 4.07. The first-order chi connectivity index (χ1) is 16.6. The number of hydrogen-bond acceptors (Lipinski definition) is 5. The quantitative estimate of drug-likeness (QED) is 0.471. The maximum absolute atomic E-state index is 11.3. The largest absolute Gasteiger partial charge is 0.508 e. The van der Waals surface area contributed by atoms with Gasteiger partial charge in [-0.05, 0) is 72.1 Å². The standard InChI is InChI=1S/C30H34O5/c1-16(2)7-9-18-13-21-24(14-23(18)31)33-15-22-25-19-11-12-30(5,6)35-29(19)26(32)20(10-8-17(3)4)28(25)34-27(21)22/h7-8,11-14,22,27,31-32H,9-10,15H2,1-6H3. The van der Waals surface area contributed by atoms with Crippen molar-refractivity contribution >= 4 is 6.08 Å². The van der Waals surface area contributed by atoms with Gasteiger partial charge in [-0.3, -0.25) is 0 Å². The second-order valence-electron chi connectivity index (χ2n) is 10.8. The minimum atomic E-state index is -0.515. The van der Waals surface area contributed by atoms with Crippen LogP contribution in [0.2, 0.25) is 0 Å². The molecule has 0 saturated carbocycles. The highest BCUT2D eigenvalue weighted by Gasteiger charge is 2.46. The molecule has 0 bridgehead atoms. The van der Waals surface area contributed by atoms with Crippen LogP contribution in [0.4, 0.5) is 0 Å². The first-order valence-corrected chi connectivity index (χ1v) is 12.3. The van der Waals surface area contributed by atoms with Crippen molar-refractivity contribution < 1.29 is 24.4 Å². The van der Waals surface area contributed by atoms with Crippen LogP contribution in [0.3, 0.4) is 0 Å². The zero-order chi connectivity index (χ0) is 25.1. The molecular weight excluding hydrogens is 440 g/mol. The van der Waals surface area contributed by atoms with Crippen molar-refractivity contribution in [3.8, 4) is 28.7 Å². The van der Waals surface area contributed by atoms with Crippen LogP contribution in [-0.4, -0.2) is 22.4 Å². The topological polar surface area (TPSA) is 68.2 Å². The lowest BCUT2D eigenvalue weighted by molar-refractivity contribution is 0.138. The Morgan fingerprint density at radius 2 is 1.74 bits per heavy atom. The van der Waals surface area contributed by atoms with Crippen LogP contribution < -0.4 is 14.2 Å². The first-order valence-electron chi connectivity index (χ1n) is 12.3. The maximum atomic E-state index is 11.3. The molecule has 5 rings (SSSR count). The van der Waals surface area contributed by atoms with Crippen molar-refractivity contribution in [3.63, 3.8) is 0 Å². The summed E-state index contributed by atoms with van der Waals surface area (Å²) in [6, 6.07) is 3.71. The predicted molar refractivity (Wildman–Crippen MR) is 138 cm³/mol. The molecule has 0 radical (unpaired) electrons. The lowest BCUT2D eigenvalue weighted by Crippen LogP contribution is -2.28. The fourth-order valence-electron chi connectivity index (χ4n) is 5.08. The zero-order valence-corrected chi connectivity index (χ0v) is 21.4. The van der Waals surface area contributed by atoms with E-state index in [2.05, 4.69) is 12.2 Å². The van der Waals surface area contributed by atoms with Crippen molar-refractivity contribution in [1.82, 2.24) is 0 Å². The van der Waals surface area contributed by atoms with Gasteiger partial charge in [-0.15, -0.1) is 0 Å². The van der Waals surface area contributed by atoms with E-state index in [0.29, 0.717) is 30.9 Å². The van der Waals surface area contributed by atoms with Crippen LogP contribution in [0.1, 0.15) is 81.4 Å². The molecule has 5 heteroatoms. The summed E-state index contributed by atoms with van der Waals surface area (Å²) in [5, 5.41) is 21.9. The van der Waals surface area contributed by atoms with E-state index in [1.54, 1.807) is 6.07 Å². The molecule has 3 aliphatic rings. The fourth-order valence-corrected chi connectivity index (χ4v) is 5.08. The molecule has 0 aliphatic carbocycles. The molecule has 184 valence electrons. The summed E-state index contributed by atoms with van der Waals surface area (Å²) >= 11 is 0. The van der Waals surface area contributed by atoms with Crippen molar-refractivity contribution in [2.75, 3.05) is 6.61 Å². The molecule has 0 fully saturated rings. The highest BCUT2D eigenvalue weighted by molar-refractivity contribution is 5.77. The van der Waals surface area contributed by atoms with E-state index < -0.39 is 5.60 Å². The average Bonchev–Trinajstić information content (AvgIpc) is 3.16. The summed E-state index contributed by atoms with van der Waals surface area (Å²) in [4.78, 5) is 0. The molecule has 2 aromatic carbocycles. The van der Waals surface area contributed by atoms with Crippen molar-refractivity contribution in [3.05, 3.63) is 69.3 Å². The third-order valence-electron chi connectivity index (χ3n) is 6.93. The van der Waals surface area contributed by atoms with E-state index in [1.807, 2.05) is 59.8 Å². The molecule has 5 nitrogen and oxygen atoms in total. The van der Waals surface area contributed by atoms with Gasteiger partial charge in [0.05, 0.1) is 12.5 Å². The van der Waals surface area contributed by atoms with Crippen molar-refractivity contribution in [2.24, 2.45) is 0 Å². The zero-order valence-electron chi connectivity index (χ0n) is 21.4. The minimum absolute atomic E-state index is 0.0485. The van der Waals surface area contributed by atoms with Gasteiger partial charge in [0.25, 0.3) is 0 Å². The Kier molecular flexibility index (Phi) is 5.62. The summed E-state index contributed by atoms with van der Waals surface area (Å²) in [5.41, 5.74) is 6.24. The molecule has 0 aromatic heterocycles. The van der Waals surface area contributed by atoms with Crippen LogP contribution in [0, 0.1) is 0 Å². The molecule has 2 N–H and O–H groups in total. The van der Waals surface area contributed by atoms with E-state index in [4.69, 9.17) is 14.2 Å². The number of fused-ring (bicyclic) bond motifs is 7. The lowest BCUT2D eigenvalue weighted by Gasteiger charge is -2.31. The molecule has 0 amide bonds. The van der Waals surface area contributed by atoms with Gasteiger partial charge in [0.2, 0.25) is 0 Å². The van der Waals surface area contributed by atoms with E-state index in [0.717, 1.165) is 33.6 Å². The highest BCUT2D eigenvalue weighted by atomic mass is 16.5. The first kappa shape index (κ1) is 23.4. The Morgan fingerprint density at radius 3 is 2.46 bits per heavy atom. The summed E-state index contributed by atoms with van der Waals surface area (Å²) < 4.78 is 19.1. The smallest absolute Gasteiger partial charge is 0.170 e. The fraction of sp³-hybridized carbons (Fsp3) is 0.400. The minimum Gasteiger partial charge on any atom is -0.508 e. The van der Waals surface area contributed by atoms with Gasteiger partial charge in [-0.1, -0.05) is 29.4 Å². The molecule has 0 spiro atoms. The Morgan fingerprint density at radius 1 is 1.03 bits per heavy atom. The SMILES string of the molecule is CC(C)=CCc1cc2c(cc1O)OCC1c3c4c(c(O)c(CC=C(C)C)c3OC21)OC(C)(C)C=C4. The molecule has 3 heterocycles. The molecule has 2 atom stereocenters. The highest BCUT2D eigenvalue weighted by Crippen LogP contribution is 2.59. The number of phenolic OH excluding ortho intramolecular Hbond substituents is 2. The van der Waals surface area contributed by atoms with E-state index in [1.165, 1.54) is 11.1 Å². The summed E-state index contributed by atoms with van der Waals surface area (Å²) in [7, 11) is 0. The van der Waals surface area contributed by atoms with Gasteiger partial charge < -0.3 is 24.4 Å². The van der Waals surface area contributed by atoms with Gasteiger partial charge in [0, 0.05) is 28.3 Å². The van der Waals surface area contributed by atoms with Crippen molar-refractivity contribution in [2.45, 2.75) is 72.0 Å². The summed E-state index contributed by atoms with van der Waals surface area (Å²) in [6.45, 7) is 12.6. The average molecular weight is 475 g/mol. The summed E-state index contributed by atoms with van der Waals surface area (Å²) in [5.74, 6) is 2.20. The van der Waals surface area contributed by atoms with Gasteiger partial charge in [-0.2, -0.15) is 0 Å².